The molecule has 0 spiro atoms. The van der Waals surface area contributed by atoms with Crippen molar-refractivity contribution in [2.24, 2.45) is 11.7 Å². The fourth-order valence-corrected chi connectivity index (χ4v) is 8.24. The maximum atomic E-state index is 13.9. The molecule has 7 rings (SSSR count). The summed E-state index contributed by atoms with van der Waals surface area (Å²) in [6, 6.07) is 30.1. The van der Waals surface area contributed by atoms with Gasteiger partial charge in [0, 0.05) is 48.8 Å². The number of fused-ring (bicyclic) bond motifs is 1. The number of rotatable bonds is 15. The van der Waals surface area contributed by atoms with Crippen LogP contribution in [0.4, 0.5) is 0 Å². The number of carbonyl (C=O) groups excluding carboxylic acids is 3. The highest BCUT2D eigenvalue weighted by molar-refractivity contribution is 5.99. The number of phenolic OH excluding ortho intramolecular Hbond substituents is 1. The number of amides is 2. The number of nitrogens with one attached hydrogen (secondary N) is 3. The van der Waals surface area contributed by atoms with Crippen LogP contribution in [-0.2, 0) is 27.9 Å². The minimum Gasteiger partial charge on any atom is -0.506 e. The Bertz CT molecular complexity index is 2270. The van der Waals surface area contributed by atoms with Gasteiger partial charge in [-0.15, -0.1) is 0 Å². The molecule has 1 aliphatic carbocycles. The third kappa shape index (κ3) is 8.99. The number of phenols is 1. The Labute approximate surface area is 337 Å². The van der Waals surface area contributed by atoms with Gasteiger partial charge in [-0.3, -0.25) is 19.2 Å². The number of pyridine rings is 1. The number of carbonyl (C=O) groups is 3. The topological polar surface area (TPSA) is 187 Å². The number of H-pyrrole nitrogens is 1. The number of hydrogen-bond donors (Lipinski definition) is 6. The Hall–Kier alpha value is -5.82. The van der Waals surface area contributed by atoms with Crippen molar-refractivity contribution in [3.8, 4) is 5.75 Å². The first-order valence-electron chi connectivity index (χ1n) is 20.1. The van der Waals surface area contributed by atoms with Crippen LogP contribution in [0.2, 0.25) is 0 Å². The standard InChI is InChI=1S/C46H51N5O7/c47-24-22-32-6-4-5-9-40(32)58-45(57)46(35-7-2-1-3-8-35)28-51(29-46)44(56)34-16-14-33(15-17-34)43(55)49-26-31-12-10-30(11-13-31)23-25-48-27-39(53)36-18-20-38(52)42-37(36)19-21-41(54)50-42/h1-3,7-8,10-21,32,39-40,48,52-53H,4-6,9,22-29,47H2,(H,49,55)(H,50,54)/t32?,39-,40-/m0/s1. The lowest BCUT2D eigenvalue weighted by molar-refractivity contribution is -0.167. The average Bonchev–Trinajstić information content (AvgIpc) is 3.23. The molecule has 3 atom stereocenters. The number of benzene rings is 4. The highest BCUT2D eigenvalue weighted by Crippen LogP contribution is 2.39. The molecule has 12 heteroatoms. The van der Waals surface area contributed by atoms with Crippen LogP contribution in [0.1, 0.15) is 81.2 Å². The maximum Gasteiger partial charge on any atom is 0.320 e. The summed E-state index contributed by atoms with van der Waals surface area (Å²) >= 11 is 0. The van der Waals surface area contributed by atoms with Crippen LogP contribution in [0.5, 0.6) is 5.75 Å². The average molecular weight is 786 g/mol. The molecule has 302 valence electrons. The first-order valence-corrected chi connectivity index (χ1v) is 20.1. The summed E-state index contributed by atoms with van der Waals surface area (Å²) < 4.78 is 6.21. The largest absolute Gasteiger partial charge is 0.506 e. The van der Waals surface area contributed by atoms with Crippen LogP contribution >= 0.6 is 0 Å². The Balaban J connectivity index is 0.873. The summed E-state index contributed by atoms with van der Waals surface area (Å²) in [4.78, 5) is 56.4. The van der Waals surface area contributed by atoms with Gasteiger partial charge in [0.1, 0.15) is 17.3 Å². The molecule has 2 heterocycles. The van der Waals surface area contributed by atoms with E-state index in [1.54, 1.807) is 41.3 Å². The van der Waals surface area contributed by atoms with E-state index in [1.807, 2.05) is 54.6 Å². The van der Waals surface area contributed by atoms with E-state index in [-0.39, 0.29) is 54.2 Å². The van der Waals surface area contributed by atoms with Crippen molar-refractivity contribution >= 4 is 28.7 Å². The Morgan fingerprint density at radius 2 is 1.59 bits per heavy atom. The zero-order chi connectivity index (χ0) is 40.6. The minimum atomic E-state index is -0.934. The monoisotopic (exact) mass is 785 g/mol. The van der Waals surface area contributed by atoms with Crippen LogP contribution in [0, 0.1) is 5.92 Å². The quantitative estimate of drug-likeness (QED) is 0.0636. The molecule has 2 fully saturated rings. The van der Waals surface area contributed by atoms with Crippen molar-refractivity contribution in [3.63, 3.8) is 0 Å². The minimum absolute atomic E-state index is 0.0509. The first-order chi connectivity index (χ1) is 28.1. The van der Waals surface area contributed by atoms with Gasteiger partial charge in [0.25, 0.3) is 11.8 Å². The van der Waals surface area contributed by atoms with Crippen LogP contribution in [0.3, 0.4) is 0 Å². The Morgan fingerprint density at radius 3 is 2.33 bits per heavy atom. The van der Waals surface area contributed by atoms with Crippen molar-refractivity contribution in [3.05, 3.63) is 147 Å². The van der Waals surface area contributed by atoms with E-state index in [9.17, 15) is 29.4 Å². The lowest BCUT2D eigenvalue weighted by Crippen LogP contribution is -2.66. The van der Waals surface area contributed by atoms with Gasteiger partial charge in [-0.1, -0.05) is 67.1 Å². The van der Waals surface area contributed by atoms with Crippen molar-refractivity contribution < 1.29 is 29.3 Å². The van der Waals surface area contributed by atoms with Crippen LogP contribution in [0.15, 0.2) is 108 Å². The van der Waals surface area contributed by atoms with Crippen LogP contribution < -0.4 is 21.9 Å². The smallest absolute Gasteiger partial charge is 0.320 e. The number of aliphatic hydroxyl groups is 1. The molecule has 1 aromatic heterocycles. The second-order valence-electron chi connectivity index (χ2n) is 15.5. The lowest BCUT2D eigenvalue weighted by atomic mass is 9.73. The summed E-state index contributed by atoms with van der Waals surface area (Å²) in [6.45, 7) is 2.23. The molecule has 2 aliphatic rings. The molecule has 5 aromatic rings. The number of aromatic amines is 1. The van der Waals surface area contributed by atoms with Crippen molar-refractivity contribution in [2.75, 3.05) is 32.7 Å². The molecule has 7 N–H and O–H groups in total. The molecule has 12 nitrogen and oxygen atoms in total. The first kappa shape index (κ1) is 40.4. The molecule has 1 saturated carbocycles. The number of aromatic nitrogens is 1. The molecule has 1 unspecified atom stereocenters. The molecule has 2 amide bonds. The Morgan fingerprint density at radius 1 is 0.879 bits per heavy atom. The van der Waals surface area contributed by atoms with E-state index in [0.29, 0.717) is 53.8 Å². The van der Waals surface area contributed by atoms with E-state index >= 15 is 0 Å². The van der Waals surface area contributed by atoms with E-state index in [1.165, 1.54) is 12.1 Å². The summed E-state index contributed by atoms with van der Waals surface area (Å²) in [5, 5.41) is 27.7. The number of aliphatic hydroxyl groups excluding tert-OH is 1. The number of esters is 1. The Kier molecular flexibility index (Phi) is 12.7. The van der Waals surface area contributed by atoms with Gasteiger partial charge >= 0.3 is 5.97 Å². The number of ether oxygens (including phenoxy) is 1. The second-order valence-corrected chi connectivity index (χ2v) is 15.5. The van der Waals surface area contributed by atoms with Gasteiger partial charge < -0.3 is 41.2 Å². The van der Waals surface area contributed by atoms with Crippen LogP contribution in [-0.4, -0.2) is 76.7 Å². The lowest BCUT2D eigenvalue weighted by Gasteiger charge is -2.49. The number of likely N-dealkylation sites (tertiary alicyclic amines) is 1. The van der Waals surface area contributed by atoms with Crippen LogP contribution in [0.25, 0.3) is 10.9 Å². The molecular formula is C46H51N5O7. The molecule has 4 aromatic carbocycles. The zero-order valence-corrected chi connectivity index (χ0v) is 32.5. The number of hydrogen-bond acceptors (Lipinski definition) is 9. The molecule has 1 saturated heterocycles. The number of aromatic hydroxyl groups is 1. The van der Waals surface area contributed by atoms with Gasteiger partial charge in [-0.05, 0) is 110 Å². The SMILES string of the molecule is NCCC1CCCC[C@@H]1OC(=O)C1(c2ccccc2)CN(C(=O)c2ccc(C(=O)NCc3ccc(CCNC[C@H](O)c4ccc(O)c5[nH]c(=O)ccc45)cc3)cc2)C1. The zero-order valence-electron chi connectivity index (χ0n) is 32.5. The third-order valence-electron chi connectivity index (χ3n) is 11.6. The molecular weight excluding hydrogens is 735 g/mol. The van der Waals surface area contributed by atoms with E-state index < -0.39 is 11.5 Å². The van der Waals surface area contributed by atoms with Gasteiger partial charge in [-0.2, -0.15) is 0 Å². The van der Waals surface area contributed by atoms with Crippen molar-refractivity contribution in [1.82, 2.24) is 20.5 Å². The van der Waals surface area contributed by atoms with Gasteiger partial charge in [0.05, 0.1) is 11.6 Å². The van der Waals surface area contributed by atoms with E-state index in [0.717, 1.165) is 55.2 Å². The fourth-order valence-electron chi connectivity index (χ4n) is 8.24. The third-order valence-corrected chi connectivity index (χ3v) is 11.6. The number of nitrogens with two attached hydrogens (primary N) is 1. The normalized spacial score (nSPS) is 17.9. The highest BCUT2D eigenvalue weighted by Gasteiger charge is 2.54. The predicted octanol–water partition coefficient (Wildman–Crippen LogP) is 4.87. The van der Waals surface area contributed by atoms with E-state index in [2.05, 4.69) is 15.6 Å². The van der Waals surface area contributed by atoms with Gasteiger partial charge in [0.15, 0.2) is 0 Å². The summed E-state index contributed by atoms with van der Waals surface area (Å²) in [5.41, 5.74) is 9.24. The van der Waals surface area contributed by atoms with Crippen molar-refractivity contribution in [2.45, 2.75) is 62.7 Å². The summed E-state index contributed by atoms with van der Waals surface area (Å²) in [5.74, 6) is -0.546. The van der Waals surface area contributed by atoms with E-state index in [4.69, 9.17) is 10.5 Å². The number of nitrogens with zero attached hydrogens (tertiary/aromatic N) is 1. The fraction of sp³-hybridized carbons (Fsp3) is 0.348. The summed E-state index contributed by atoms with van der Waals surface area (Å²) in [6.07, 6.45) is 4.52. The summed E-state index contributed by atoms with van der Waals surface area (Å²) in [7, 11) is 0. The van der Waals surface area contributed by atoms with Crippen molar-refractivity contribution in [1.29, 1.82) is 0 Å². The maximum absolute atomic E-state index is 13.9. The van der Waals surface area contributed by atoms with Gasteiger partial charge in [0.2, 0.25) is 5.56 Å². The molecule has 58 heavy (non-hydrogen) atoms. The predicted molar refractivity (Wildman–Crippen MR) is 221 cm³/mol. The molecule has 0 bridgehead atoms. The second kappa shape index (κ2) is 18.2. The van der Waals surface area contributed by atoms with Gasteiger partial charge in [-0.25, -0.2) is 0 Å². The highest BCUT2D eigenvalue weighted by atomic mass is 16.5. The molecule has 0 radical (unpaired) electrons. The molecule has 1 aliphatic heterocycles.